The molecule has 0 aliphatic heterocycles. The van der Waals surface area contributed by atoms with Crippen LogP contribution in [0.3, 0.4) is 0 Å². The first kappa shape index (κ1) is 15.9. The molecule has 2 aromatic rings. The minimum absolute atomic E-state index is 0.0123. The molecule has 0 aliphatic carbocycles. The Bertz CT molecular complexity index is 558. The number of para-hydroxylation sites is 1. The number of carbonyl (C=O) groups excluding carboxylic acids is 1. The minimum atomic E-state index is -0.156. The number of hydrogen-bond donors (Lipinski definition) is 2. The second kappa shape index (κ2) is 8.72. The average molecular weight is 298 g/mol. The third-order valence-corrected chi connectivity index (χ3v) is 3.27. The van der Waals surface area contributed by atoms with Crippen LogP contribution in [0.1, 0.15) is 24.9 Å². The number of ether oxygens (including phenoxy) is 1. The molecule has 0 spiro atoms. The fourth-order valence-electron chi connectivity index (χ4n) is 2.05. The van der Waals surface area contributed by atoms with Crippen LogP contribution < -0.4 is 15.4 Å². The SMILES string of the molecule is CC(NC(=O)NCCCOc1ccccc1)c1ccccc1. The van der Waals surface area contributed by atoms with Gasteiger partial charge in [-0.15, -0.1) is 0 Å². The van der Waals surface area contributed by atoms with Crippen LogP contribution in [-0.2, 0) is 0 Å². The summed E-state index contributed by atoms with van der Waals surface area (Å²) >= 11 is 0. The van der Waals surface area contributed by atoms with E-state index in [4.69, 9.17) is 4.74 Å². The average Bonchev–Trinajstić information content (AvgIpc) is 2.56. The Labute approximate surface area is 131 Å². The highest BCUT2D eigenvalue weighted by atomic mass is 16.5. The maximum Gasteiger partial charge on any atom is 0.315 e. The third kappa shape index (κ3) is 5.48. The van der Waals surface area contributed by atoms with E-state index in [9.17, 15) is 4.79 Å². The maximum absolute atomic E-state index is 11.8. The number of hydrogen-bond acceptors (Lipinski definition) is 2. The Hall–Kier alpha value is -2.49. The van der Waals surface area contributed by atoms with Crippen molar-refractivity contribution in [3.63, 3.8) is 0 Å². The van der Waals surface area contributed by atoms with Crippen LogP contribution in [-0.4, -0.2) is 19.2 Å². The van der Waals surface area contributed by atoms with Crippen molar-refractivity contribution in [2.45, 2.75) is 19.4 Å². The number of carbonyl (C=O) groups is 1. The Morgan fingerprint density at radius 1 is 1.05 bits per heavy atom. The predicted molar refractivity (Wildman–Crippen MR) is 87.9 cm³/mol. The van der Waals surface area contributed by atoms with E-state index >= 15 is 0 Å². The van der Waals surface area contributed by atoms with E-state index in [0.29, 0.717) is 13.2 Å². The summed E-state index contributed by atoms with van der Waals surface area (Å²) in [5.74, 6) is 0.852. The van der Waals surface area contributed by atoms with Crippen molar-refractivity contribution < 1.29 is 9.53 Å². The van der Waals surface area contributed by atoms with Crippen LogP contribution in [0.5, 0.6) is 5.75 Å². The zero-order chi connectivity index (χ0) is 15.6. The Morgan fingerprint density at radius 3 is 2.36 bits per heavy atom. The summed E-state index contributed by atoms with van der Waals surface area (Å²) in [5.41, 5.74) is 1.09. The van der Waals surface area contributed by atoms with Gasteiger partial charge >= 0.3 is 6.03 Å². The van der Waals surface area contributed by atoms with Gasteiger partial charge in [0.15, 0.2) is 0 Å². The van der Waals surface area contributed by atoms with Gasteiger partial charge in [0.05, 0.1) is 12.6 Å². The lowest BCUT2D eigenvalue weighted by Gasteiger charge is -2.15. The first-order valence-corrected chi connectivity index (χ1v) is 7.53. The molecule has 2 aromatic carbocycles. The number of benzene rings is 2. The van der Waals surface area contributed by atoms with Gasteiger partial charge in [0.1, 0.15) is 5.75 Å². The van der Waals surface area contributed by atoms with E-state index in [1.54, 1.807) is 0 Å². The fraction of sp³-hybridized carbons (Fsp3) is 0.278. The van der Waals surface area contributed by atoms with Crippen LogP contribution in [0.15, 0.2) is 60.7 Å². The first-order valence-electron chi connectivity index (χ1n) is 7.53. The van der Waals surface area contributed by atoms with Crippen LogP contribution >= 0.6 is 0 Å². The van der Waals surface area contributed by atoms with E-state index in [-0.39, 0.29) is 12.1 Å². The zero-order valence-electron chi connectivity index (χ0n) is 12.8. The topological polar surface area (TPSA) is 50.4 Å². The van der Waals surface area contributed by atoms with Crippen molar-refractivity contribution in [3.8, 4) is 5.75 Å². The van der Waals surface area contributed by atoms with Gasteiger partial charge in [0.25, 0.3) is 0 Å². The van der Waals surface area contributed by atoms with E-state index in [2.05, 4.69) is 10.6 Å². The molecule has 2 rings (SSSR count). The minimum Gasteiger partial charge on any atom is -0.494 e. The summed E-state index contributed by atoms with van der Waals surface area (Å²) in [5, 5.41) is 5.75. The molecule has 4 heteroatoms. The van der Waals surface area contributed by atoms with Gasteiger partial charge in [-0.1, -0.05) is 48.5 Å². The van der Waals surface area contributed by atoms with Crippen LogP contribution in [0.4, 0.5) is 4.79 Å². The van der Waals surface area contributed by atoms with Gasteiger partial charge in [0, 0.05) is 6.54 Å². The first-order chi connectivity index (χ1) is 10.8. The molecule has 4 nitrogen and oxygen atoms in total. The van der Waals surface area contributed by atoms with Crippen LogP contribution in [0.2, 0.25) is 0 Å². The fourth-order valence-corrected chi connectivity index (χ4v) is 2.05. The molecule has 0 fully saturated rings. The smallest absolute Gasteiger partial charge is 0.315 e. The largest absolute Gasteiger partial charge is 0.494 e. The molecule has 0 bridgehead atoms. The summed E-state index contributed by atoms with van der Waals surface area (Å²) in [4.78, 5) is 11.8. The van der Waals surface area contributed by atoms with Crippen molar-refractivity contribution >= 4 is 6.03 Å². The number of amides is 2. The molecule has 0 saturated heterocycles. The molecule has 0 saturated carbocycles. The number of urea groups is 1. The van der Waals surface area contributed by atoms with Crippen molar-refractivity contribution in [1.82, 2.24) is 10.6 Å². The number of nitrogens with one attached hydrogen (secondary N) is 2. The summed E-state index contributed by atoms with van der Waals surface area (Å²) in [6.45, 7) is 3.13. The van der Waals surface area contributed by atoms with Gasteiger partial charge in [0.2, 0.25) is 0 Å². The molecule has 22 heavy (non-hydrogen) atoms. The third-order valence-electron chi connectivity index (χ3n) is 3.27. The lowest BCUT2D eigenvalue weighted by atomic mass is 10.1. The van der Waals surface area contributed by atoms with Gasteiger partial charge in [-0.2, -0.15) is 0 Å². The molecule has 116 valence electrons. The lowest BCUT2D eigenvalue weighted by Crippen LogP contribution is -2.37. The molecule has 0 aromatic heterocycles. The predicted octanol–water partition coefficient (Wildman–Crippen LogP) is 3.52. The molecular weight excluding hydrogens is 276 g/mol. The van der Waals surface area contributed by atoms with E-state index in [1.807, 2.05) is 67.6 Å². The highest BCUT2D eigenvalue weighted by Crippen LogP contribution is 2.10. The Morgan fingerprint density at radius 2 is 1.68 bits per heavy atom. The maximum atomic E-state index is 11.8. The normalized spacial score (nSPS) is 11.5. The highest BCUT2D eigenvalue weighted by Gasteiger charge is 2.07. The molecule has 1 atom stereocenters. The molecule has 0 aliphatic rings. The standard InChI is InChI=1S/C18H22N2O2/c1-15(16-9-4-2-5-10-16)20-18(21)19-13-8-14-22-17-11-6-3-7-12-17/h2-7,9-12,15H,8,13-14H2,1H3,(H2,19,20,21). The van der Waals surface area contributed by atoms with Crippen molar-refractivity contribution in [3.05, 3.63) is 66.2 Å². The molecule has 0 heterocycles. The summed E-state index contributed by atoms with van der Waals surface area (Å²) in [6.07, 6.45) is 0.766. The van der Waals surface area contributed by atoms with Crippen molar-refractivity contribution in [2.75, 3.05) is 13.2 Å². The van der Waals surface area contributed by atoms with Crippen LogP contribution in [0, 0.1) is 0 Å². The van der Waals surface area contributed by atoms with Gasteiger partial charge in [-0.05, 0) is 31.0 Å². The van der Waals surface area contributed by atoms with Crippen LogP contribution in [0.25, 0.3) is 0 Å². The molecular formula is C18H22N2O2. The van der Waals surface area contributed by atoms with Gasteiger partial charge < -0.3 is 15.4 Å². The molecule has 2 amide bonds. The van der Waals surface area contributed by atoms with Gasteiger partial charge in [-0.25, -0.2) is 4.79 Å². The second-order valence-corrected chi connectivity index (χ2v) is 5.05. The van der Waals surface area contributed by atoms with E-state index in [1.165, 1.54) is 0 Å². The quantitative estimate of drug-likeness (QED) is 0.768. The van der Waals surface area contributed by atoms with Crippen molar-refractivity contribution in [1.29, 1.82) is 0 Å². The van der Waals surface area contributed by atoms with Crippen molar-refractivity contribution in [2.24, 2.45) is 0 Å². The Kier molecular flexibility index (Phi) is 6.30. The van der Waals surface area contributed by atoms with Gasteiger partial charge in [-0.3, -0.25) is 0 Å². The molecule has 1 unspecified atom stereocenters. The lowest BCUT2D eigenvalue weighted by molar-refractivity contribution is 0.236. The summed E-state index contributed by atoms with van der Waals surface area (Å²) in [7, 11) is 0. The van der Waals surface area contributed by atoms with E-state index in [0.717, 1.165) is 17.7 Å². The summed E-state index contributed by atoms with van der Waals surface area (Å²) < 4.78 is 5.57. The number of rotatable bonds is 7. The molecule has 0 radical (unpaired) electrons. The summed E-state index contributed by atoms with van der Waals surface area (Å²) in [6, 6.07) is 19.4. The van der Waals surface area contributed by atoms with E-state index < -0.39 is 0 Å². The Balaban J connectivity index is 1.60. The zero-order valence-corrected chi connectivity index (χ0v) is 12.8. The monoisotopic (exact) mass is 298 g/mol. The second-order valence-electron chi connectivity index (χ2n) is 5.05. The molecule has 2 N–H and O–H groups in total. The highest BCUT2D eigenvalue weighted by molar-refractivity contribution is 5.74.